The molecule has 0 radical (unpaired) electrons. The first-order valence-corrected chi connectivity index (χ1v) is 9.92. The highest BCUT2D eigenvalue weighted by Gasteiger charge is 2.32. The predicted octanol–water partition coefficient (Wildman–Crippen LogP) is 3.02. The Morgan fingerprint density at radius 3 is 2.90 bits per heavy atom. The molecule has 2 aliphatic heterocycles. The molecule has 0 saturated carbocycles. The SMILES string of the molecule is O=C(NCc1cncc2ccccc12)C1=C2C=CC=CN2C(Cc2cccnc2)N1. The van der Waals surface area contributed by atoms with Crippen LogP contribution in [0.2, 0.25) is 0 Å². The van der Waals surface area contributed by atoms with Gasteiger partial charge in [0, 0.05) is 49.3 Å². The van der Waals surface area contributed by atoms with Gasteiger partial charge in [-0.05, 0) is 34.7 Å². The Kier molecular flexibility index (Phi) is 4.73. The van der Waals surface area contributed by atoms with Gasteiger partial charge in [0.25, 0.3) is 5.91 Å². The third-order valence-corrected chi connectivity index (χ3v) is 5.36. The van der Waals surface area contributed by atoms with Crippen LogP contribution in [0, 0.1) is 0 Å². The lowest BCUT2D eigenvalue weighted by Gasteiger charge is -2.25. The van der Waals surface area contributed by atoms with E-state index in [2.05, 4.69) is 31.6 Å². The number of nitrogens with one attached hydrogen (secondary N) is 2. The zero-order chi connectivity index (χ0) is 20.3. The highest BCUT2D eigenvalue weighted by atomic mass is 16.2. The molecule has 6 nitrogen and oxygen atoms in total. The molecular formula is C24H21N5O. The smallest absolute Gasteiger partial charge is 0.269 e. The average molecular weight is 395 g/mol. The Labute approximate surface area is 174 Å². The fraction of sp³-hybridized carbons (Fsp3) is 0.125. The fourth-order valence-corrected chi connectivity index (χ4v) is 3.91. The first-order valence-electron chi connectivity index (χ1n) is 9.92. The summed E-state index contributed by atoms with van der Waals surface area (Å²) in [6, 6.07) is 12.0. The van der Waals surface area contributed by atoms with E-state index in [1.165, 1.54) is 0 Å². The van der Waals surface area contributed by atoms with Gasteiger partial charge in [-0.15, -0.1) is 0 Å². The quantitative estimate of drug-likeness (QED) is 0.695. The van der Waals surface area contributed by atoms with Gasteiger partial charge in [-0.2, -0.15) is 0 Å². The number of benzene rings is 1. The topological polar surface area (TPSA) is 70.2 Å². The molecule has 1 atom stereocenters. The average Bonchev–Trinajstić information content (AvgIpc) is 3.17. The van der Waals surface area contributed by atoms with E-state index in [4.69, 9.17) is 0 Å². The number of rotatable bonds is 5. The van der Waals surface area contributed by atoms with Crippen LogP contribution in [-0.4, -0.2) is 26.9 Å². The Bertz CT molecular complexity index is 1180. The molecule has 2 aromatic heterocycles. The van der Waals surface area contributed by atoms with Crippen LogP contribution in [0.5, 0.6) is 0 Å². The Balaban J connectivity index is 1.34. The Morgan fingerprint density at radius 2 is 2.00 bits per heavy atom. The lowest BCUT2D eigenvalue weighted by Crippen LogP contribution is -2.38. The second-order valence-corrected chi connectivity index (χ2v) is 7.30. The molecule has 0 fully saturated rings. The molecule has 2 aliphatic rings. The van der Waals surface area contributed by atoms with Gasteiger partial charge in [0.1, 0.15) is 11.9 Å². The summed E-state index contributed by atoms with van der Waals surface area (Å²) in [7, 11) is 0. The second kappa shape index (κ2) is 7.83. The molecule has 4 heterocycles. The normalized spacial score (nSPS) is 17.2. The highest BCUT2D eigenvalue weighted by Crippen LogP contribution is 2.27. The summed E-state index contributed by atoms with van der Waals surface area (Å²) >= 11 is 0. The molecule has 30 heavy (non-hydrogen) atoms. The number of hydrogen-bond acceptors (Lipinski definition) is 5. The van der Waals surface area contributed by atoms with Crippen LogP contribution >= 0.6 is 0 Å². The Morgan fingerprint density at radius 1 is 1.07 bits per heavy atom. The van der Waals surface area contributed by atoms with E-state index in [9.17, 15) is 4.79 Å². The van der Waals surface area contributed by atoms with Gasteiger partial charge in [-0.1, -0.05) is 36.4 Å². The minimum Gasteiger partial charge on any atom is -0.358 e. The number of nitrogens with zero attached hydrogens (tertiary/aromatic N) is 3. The van der Waals surface area contributed by atoms with Crippen molar-refractivity contribution in [3.05, 3.63) is 108 Å². The summed E-state index contributed by atoms with van der Waals surface area (Å²) in [5, 5.41) is 8.62. The summed E-state index contributed by atoms with van der Waals surface area (Å²) in [6.07, 6.45) is 15.8. The van der Waals surface area contributed by atoms with E-state index in [0.717, 1.165) is 34.0 Å². The molecule has 0 bridgehead atoms. The van der Waals surface area contributed by atoms with Gasteiger partial charge in [0.15, 0.2) is 0 Å². The number of aromatic nitrogens is 2. The summed E-state index contributed by atoms with van der Waals surface area (Å²) in [5.41, 5.74) is 3.56. The summed E-state index contributed by atoms with van der Waals surface area (Å²) in [6.45, 7) is 0.415. The molecule has 0 aliphatic carbocycles. The number of amides is 1. The number of pyridine rings is 2. The van der Waals surface area contributed by atoms with E-state index in [1.807, 2.05) is 73.4 Å². The summed E-state index contributed by atoms with van der Waals surface area (Å²) in [4.78, 5) is 23.7. The van der Waals surface area contributed by atoms with Gasteiger partial charge >= 0.3 is 0 Å². The molecule has 0 spiro atoms. The van der Waals surface area contributed by atoms with Gasteiger partial charge in [0.2, 0.25) is 0 Å². The monoisotopic (exact) mass is 395 g/mol. The van der Waals surface area contributed by atoms with Gasteiger partial charge in [0.05, 0.1) is 5.70 Å². The molecule has 148 valence electrons. The molecule has 5 rings (SSSR count). The molecular weight excluding hydrogens is 374 g/mol. The predicted molar refractivity (Wildman–Crippen MR) is 116 cm³/mol. The second-order valence-electron chi connectivity index (χ2n) is 7.30. The summed E-state index contributed by atoms with van der Waals surface area (Å²) < 4.78 is 0. The molecule has 1 aromatic carbocycles. The van der Waals surface area contributed by atoms with E-state index >= 15 is 0 Å². The lowest BCUT2D eigenvalue weighted by molar-refractivity contribution is -0.118. The van der Waals surface area contributed by atoms with Crippen molar-refractivity contribution in [3.63, 3.8) is 0 Å². The van der Waals surface area contributed by atoms with Crippen molar-refractivity contribution in [3.8, 4) is 0 Å². The van der Waals surface area contributed by atoms with Crippen LogP contribution in [0.15, 0.2) is 97.0 Å². The fourth-order valence-electron chi connectivity index (χ4n) is 3.91. The third kappa shape index (κ3) is 3.43. The van der Waals surface area contributed by atoms with Gasteiger partial charge < -0.3 is 15.5 Å². The first kappa shape index (κ1) is 18.1. The van der Waals surface area contributed by atoms with Crippen LogP contribution in [0.1, 0.15) is 11.1 Å². The minimum absolute atomic E-state index is 0.0367. The molecule has 2 N–H and O–H groups in total. The molecule has 6 heteroatoms. The number of fused-ring (bicyclic) bond motifs is 2. The third-order valence-electron chi connectivity index (χ3n) is 5.36. The maximum atomic E-state index is 13.1. The van der Waals surface area contributed by atoms with Gasteiger partial charge in [-0.25, -0.2) is 0 Å². The van der Waals surface area contributed by atoms with Crippen molar-refractivity contribution in [1.82, 2.24) is 25.5 Å². The van der Waals surface area contributed by atoms with Crippen molar-refractivity contribution >= 4 is 16.7 Å². The van der Waals surface area contributed by atoms with Crippen molar-refractivity contribution in [2.75, 3.05) is 0 Å². The first-order chi connectivity index (χ1) is 14.8. The van der Waals surface area contributed by atoms with Crippen molar-refractivity contribution in [2.24, 2.45) is 0 Å². The molecule has 3 aromatic rings. The van der Waals surface area contributed by atoms with E-state index in [1.54, 1.807) is 6.20 Å². The van der Waals surface area contributed by atoms with E-state index < -0.39 is 0 Å². The van der Waals surface area contributed by atoms with Crippen LogP contribution < -0.4 is 10.6 Å². The van der Waals surface area contributed by atoms with Crippen LogP contribution in [0.3, 0.4) is 0 Å². The maximum absolute atomic E-state index is 13.1. The lowest BCUT2D eigenvalue weighted by atomic mass is 10.1. The number of allylic oxidation sites excluding steroid dienone is 3. The summed E-state index contributed by atoms with van der Waals surface area (Å²) in [5.74, 6) is -0.128. The van der Waals surface area contributed by atoms with Crippen molar-refractivity contribution in [1.29, 1.82) is 0 Å². The number of hydrogen-bond donors (Lipinski definition) is 2. The number of carbonyl (C=O) groups excluding carboxylic acids is 1. The van der Waals surface area contributed by atoms with Crippen molar-refractivity contribution < 1.29 is 4.79 Å². The zero-order valence-corrected chi connectivity index (χ0v) is 16.3. The van der Waals surface area contributed by atoms with E-state index in [-0.39, 0.29) is 12.1 Å². The standard InChI is InChI=1S/C24H21N5O/c30-24(27-16-19-15-26-14-18-7-1-2-8-20(18)19)23-21-9-3-4-11-29(21)22(28-23)12-17-6-5-10-25-13-17/h1-11,13-15,22,28H,12,16H2,(H,27,30). The molecule has 0 saturated heterocycles. The highest BCUT2D eigenvalue weighted by molar-refractivity contribution is 5.95. The van der Waals surface area contributed by atoms with E-state index in [0.29, 0.717) is 12.2 Å². The Hall–Kier alpha value is -3.93. The van der Waals surface area contributed by atoms with Crippen molar-refractivity contribution in [2.45, 2.75) is 19.1 Å². The molecule has 1 unspecified atom stereocenters. The van der Waals surface area contributed by atoms with Gasteiger partial charge in [-0.3, -0.25) is 14.8 Å². The zero-order valence-electron chi connectivity index (χ0n) is 16.3. The van der Waals surface area contributed by atoms with Crippen LogP contribution in [0.25, 0.3) is 10.8 Å². The molecule has 1 amide bonds. The minimum atomic E-state index is -0.128. The van der Waals surface area contributed by atoms with Crippen LogP contribution in [0.4, 0.5) is 0 Å². The number of carbonyl (C=O) groups is 1. The van der Waals surface area contributed by atoms with Crippen LogP contribution in [-0.2, 0) is 17.8 Å². The maximum Gasteiger partial charge on any atom is 0.269 e. The largest absolute Gasteiger partial charge is 0.358 e.